The third kappa shape index (κ3) is 4.00. The molecular weight excluding hydrogens is 350 g/mol. The van der Waals surface area contributed by atoms with E-state index in [0.29, 0.717) is 29.2 Å². The number of para-hydroxylation sites is 1. The lowest BCUT2D eigenvalue weighted by atomic mass is 10.1. The maximum atomic E-state index is 12.6. The number of carbonyl (C=O) groups excluding carboxylic acids is 2. The number of methoxy groups -OCH3 is 1. The van der Waals surface area contributed by atoms with Gasteiger partial charge in [0.05, 0.1) is 20.1 Å². The molecule has 2 aromatic carbocycles. The second-order valence-electron chi connectivity index (χ2n) is 5.94. The number of urea groups is 2. The Balaban J connectivity index is 1.71. The first kappa shape index (κ1) is 18.2. The number of nitrogens with zero attached hydrogens (tertiary/aromatic N) is 2. The normalized spacial score (nSPS) is 13.6. The Hall–Kier alpha value is -3.55. The molecule has 1 aliphatic heterocycles. The lowest BCUT2D eigenvalue weighted by molar-refractivity contribution is -0.136. The monoisotopic (exact) mass is 369 g/mol. The Bertz CT molecular complexity index is 866. The number of carboxylic acid groups (broad SMARTS) is 1. The number of carbonyl (C=O) groups is 3. The molecule has 140 valence electrons. The largest absolute Gasteiger partial charge is 0.497 e. The van der Waals surface area contributed by atoms with Crippen LogP contribution in [0, 0.1) is 0 Å². The van der Waals surface area contributed by atoms with E-state index in [2.05, 4.69) is 5.32 Å². The topological polar surface area (TPSA) is 99.2 Å². The molecule has 8 nitrogen and oxygen atoms in total. The van der Waals surface area contributed by atoms with Gasteiger partial charge in [-0.2, -0.15) is 0 Å². The van der Waals surface area contributed by atoms with Crippen molar-refractivity contribution < 1.29 is 24.2 Å². The van der Waals surface area contributed by atoms with Crippen LogP contribution in [0.25, 0.3) is 0 Å². The molecule has 0 spiro atoms. The molecule has 1 saturated heterocycles. The molecule has 1 heterocycles. The summed E-state index contributed by atoms with van der Waals surface area (Å²) in [4.78, 5) is 38.7. The minimum atomic E-state index is -1.00. The summed E-state index contributed by atoms with van der Waals surface area (Å²) in [5.74, 6) is -0.324. The zero-order chi connectivity index (χ0) is 19.4. The number of ether oxygens (including phenoxy) is 1. The van der Waals surface area contributed by atoms with Crippen molar-refractivity contribution in [1.82, 2.24) is 4.90 Å². The van der Waals surface area contributed by atoms with E-state index in [1.165, 1.54) is 4.90 Å². The molecule has 3 rings (SSSR count). The highest BCUT2D eigenvalue weighted by molar-refractivity contribution is 6.08. The van der Waals surface area contributed by atoms with Gasteiger partial charge in [0.25, 0.3) is 0 Å². The molecule has 0 unspecified atom stereocenters. The third-order valence-electron chi connectivity index (χ3n) is 4.24. The highest BCUT2D eigenvalue weighted by Gasteiger charge is 2.34. The molecule has 0 aliphatic carbocycles. The molecule has 2 N–H and O–H groups in total. The molecule has 4 amide bonds. The van der Waals surface area contributed by atoms with Crippen molar-refractivity contribution in [3.8, 4) is 5.75 Å². The second-order valence-corrected chi connectivity index (χ2v) is 5.94. The van der Waals surface area contributed by atoms with Crippen LogP contribution >= 0.6 is 0 Å². The van der Waals surface area contributed by atoms with Crippen LogP contribution in [0.15, 0.2) is 48.5 Å². The number of hydrogen-bond donors (Lipinski definition) is 2. The van der Waals surface area contributed by atoms with Crippen molar-refractivity contribution in [2.24, 2.45) is 0 Å². The van der Waals surface area contributed by atoms with Crippen LogP contribution in [0.4, 0.5) is 21.0 Å². The van der Waals surface area contributed by atoms with Crippen molar-refractivity contribution in [3.05, 3.63) is 54.1 Å². The number of nitrogens with one attached hydrogen (secondary N) is 1. The molecule has 0 saturated carbocycles. The molecule has 0 aromatic heterocycles. The summed E-state index contributed by atoms with van der Waals surface area (Å²) in [6.07, 6.45) is -0.220. The summed E-state index contributed by atoms with van der Waals surface area (Å²) in [5.41, 5.74) is 1.51. The quantitative estimate of drug-likeness (QED) is 0.844. The summed E-state index contributed by atoms with van der Waals surface area (Å²) in [5, 5.41) is 11.6. The minimum Gasteiger partial charge on any atom is -0.497 e. The fourth-order valence-corrected chi connectivity index (χ4v) is 2.87. The molecule has 8 heteroatoms. The van der Waals surface area contributed by atoms with Gasteiger partial charge in [0.2, 0.25) is 0 Å². The molecule has 0 radical (unpaired) electrons. The van der Waals surface area contributed by atoms with Gasteiger partial charge in [0.1, 0.15) is 5.75 Å². The third-order valence-corrected chi connectivity index (χ3v) is 4.24. The van der Waals surface area contributed by atoms with Gasteiger partial charge in [-0.05, 0) is 35.9 Å². The van der Waals surface area contributed by atoms with E-state index in [1.807, 2.05) is 0 Å². The first-order chi connectivity index (χ1) is 13.0. The highest BCUT2D eigenvalue weighted by Crippen LogP contribution is 2.24. The van der Waals surface area contributed by atoms with Crippen LogP contribution in [-0.2, 0) is 11.2 Å². The SMILES string of the molecule is COc1ccc(N2CCN(C(=O)Nc3ccccc3CC(=O)O)C2=O)cc1. The van der Waals surface area contributed by atoms with Gasteiger partial charge < -0.3 is 15.2 Å². The molecule has 0 bridgehead atoms. The van der Waals surface area contributed by atoms with E-state index in [0.717, 1.165) is 4.90 Å². The smallest absolute Gasteiger partial charge is 0.332 e. The van der Waals surface area contributed by atoms with E-state index >= 15 is 0 Å². The van der Waals surface area contributed by atoms with Crippen molar-refractivity contribution in [2.75, 3.05) is 30.4 Å². The predicted molar refractivity (Wildman–Crippen MR) is 99.2 cm³/mol. The van der Waals surface area contributed by atoms with E-state index in [4.69, 9.17) is 9.84 Å². The second kappa shape index (κ2) is 7.77. The lowest BCUT2D eigenvalue weighted by Gasteiger charge is -2.19. The summed E-state index contributed by atoms with van der Waals surface area (Å²) >= 11 is 0. The number of imide groups is 1. The summed E-state index contributed by atoms with van der Waals surface area (Å²) in [6.45, 7) is 0.604. The number of aliphatic carboxylic acids is 1. The van der Waals surface area contributed by atoms with Gasteiger partial charge >= 0.3 is 18.0 Å². The average molecular weight is 369 g/mol. The Morgan fingerprint density at radius 2 is 1.81 bits per heavy atom. The molecule has 1 aliphatic rings. The van der Waals surface area contributed by atoms with E-state index in [1.54, 1.807) is 55.6 Å². The number of rotatable bonds is 5. The average Bonchev–Trinajstić information content (AvgIpc) is 3.04. The van der Waals surface area contributed by atoms with Crippen molar-refractivity contribution in [2.45, 2.75) is 6.42 Å². The van der Waals surface area contributed by atoms with E-state index in [-0.39, 0.29) is 13.0 Å². The Morgan fingerprint density at radius 3 is 2.48 bits per heavy atom. The van der Waals surface area contributed by atoms with E-state index in [9.17, 15) is 14.4 Å². The fraction of sp³-hybridized carbons (Fsp3) is 0.211. The minimum absolute atomic E-state index is 0.220. The van der Waals surface area contributed by atoms with Crippen LogP contribution in [-0.4, -0.2) is 48.2 Å². The zero-order valence-electron chi connectivity index (χ0n) is 14.7. The summed E-state index contributed by atoms with van der Waals surface area (Å²) < 4.78 is 5.10. The Kier molecular flexibility index (Phi) is 5.25. The predicted octanol–water partition coefficient (Wildman–Crippen LogP) is 2.80. The Labute approximate surface area is 155 Å². The molecule has 0 atom stereocenters. The molecule has 2 aromatic rings. The number of anilines is 2. The van der Waals surface area contributed by atoms with Gasteiger partial charge in [0.15, 0.2) is 0 Å². The maximum absolute atomic E-state index is 12.6. The number of benzene rings is 2. The first-order valence-corrected chi connectivity index (χ1v) is 8.33. The number of hydrogen-bond acceptors (Lipinski definition) is 4. The zero-order valence-corrected chi connectivity index (χ0v) is 14.7. The van der Waals surface area contributed by atoms with Crippen molar-refractivity contribution in [1.29, 1.82) is 0 Å². The first-order valence-electron chi connectivity index (χ1n) is 8.33. The van der Waals surface area contributed by atoms with Gasteiger partial charge in [-0.15, -0.1) is 0 Å². The van der Waals surface area contributed by atoms with Gasteiger partial charge in [-0.3, -0.25) is 9.69 Å². The molecular formula is C19H19N3O5. The lowest BCUT2D eigenvalue weighted by Crippen LogP contribution is -2.39. The van der Waals surface area contributed by atoms with Gasteiger partial charge in [0, 0.05) is 17.9 Å². The van der Waals surface area contributed by atoms with Crippen LogP contribution in [0.2, 0.25) is 0 Å². The van der Waals surface area contributed by atoms with Gasteiger partial charge in [-0.1, -0.05) is 18.2 Å². The Morgan fingerprint density at radius 1 is 1.11 bits per heavy atom. The molecule has 1 fully saturated rings. The van der Waals surface area contributed by atoms with E-state index < -0.39 is 18.0 Å². The fourth-order valence-electron chi connectivity index (χ4n) is 2.87. The van der Waals surface area contributed by atoms with Crippen LogP contribution < -0.4 is 15.0 Å². The van der Waals surface area contributed by atoms with Crippen LogP contribution in [0.5, 0.6) is 5.75 Å². The van der Waals surface area contributed by atoms with Gasteiger partial charge in [-0.25, -0.2) is 14.5 Å². The van der Waals surface area contributed by atoms with Crippen LogP contribution in [0.3, 0.4) is 0 Å². The summed E-state index contributed by atoms with van der Waals surface area (Å²) in [7, 11) is 1.56. The standard InChI is InChI=1S/C19H19N3O5/c1-27-15-8-6-14(7-9-15)21-10-11-22(19(21)26)18(25)20-16-5-3-2-4-13(16)12-17(23)24/h2-9H,10-12H2,1H3,(H,20,25)(H,23,24). The highest BCUT2D eigenvalue weighted by atomic mass is 16.5. The molecule has 27 heavy (non-hydrogen) atoms. The van der Waals surface area contributed by atoms with Crippen molar-refractivity contribution in [3.63, 3.8) is 0 Å². The number of amides is 4. The summed E-state index contributed by atoms with van der Waals surface area (Å²) in [6, 6.07) is 12.6. The maximum Gasteiger partial charge on any atom is 0.332 e. The van der Waals surface area contributed by atoms with Crippen molar-refractivity contribution >= 4 is 29.4 Å². The number of carboxylic acids is 1. The van der Waals surface area contributed by atoms with Crippen LogP contribution in [0.1, 0.15) is 5.56 Å².